The van der Waals surface area contributed by atoms with Crippen LogP contribution >= 0.6 is 11.3 Å². The molecule has 2 aromatic rings. The average molecular weight is 330 g/mol. The van der Waals surface area contributed by atoms with Crippen molar-refractivity contribution in [3.05, 3.63) is 29.0 Å². The molecule has 1 aromatic heterocycles. The molecular formula is C12H15FN4O2S2. The van der Waals surface area contributed by atoms with Gasteiger partial charge in [0.1, 0.15) is 15.7 Å². The van der Waals surface area contributed by atoms with Crippen LogP contribution in [0.25, 0.3) is 0 Å². The smallest absolute Gasteiger partial charge is 0.265 e. The Balaban J connectivity index is 2.25. The zero-order valence-electron chi connectivity index (χ0n) is 11.5. The van der Waals surface area contributed by atoms with Gasteiger partial charge in [0.2, 0.25) is 5.13 Å². The molecule has 0 saturated heterocycles. The fraction of sp³-hybridized carbons (Fsp3) is 0.333. The van der Waals surface area contributed by atoms with E-state index >= 15 is 0 Å². The Morgan fingerprint density at radius 1 is 1.38 bits per heavy atom. The third-order valence-electron chi connectivity index (χ3n) is 2.54. The summed E-state index contributed by atoms with van der Waals surface area (Å²) in [6, 6.07) is 3.17. The van der Waals surface area contributed by atoms with Crippen molar-refractivity contribution in [1.29, 1.82) is 0 Å². The summed E-state index contributed by atoms with van der Waals surface area (Å²) in [6.45, 7) is 4.05. The normalized spacial score (nSPS) is 11.8. The first-order valence-corrected chi connectivity index (χ1v) is 8.48. The Labute approximate surface area is 126 Å². The van der Waals surface area contributed by atoms with E-state index in [4.69, 9.17) is 5.73 Å². The number of anilines is 2. The highest BCUT2D eigenvalue weighted by atomic mass is 32.2. The van der Waals surface area contributed by atoms with Gasteiger partial charge in [0.05, 0.1) is 5.69 Å². The highest BCUT2D eigenvalue weighted by Gasteiger charge is 2.20. The van der Waals surface area contributed by atoms with Crippen molar-refractivity contribution in [1.82, 2.24) is 10.2 Å². The molecule has 0 aliphatic carbocycles. The lowest BCUT2D eigenvalue weighted by Gasteiger charge is -2.07. The van der Waals surface area contributed by atoms with E-state index in [1.54, 1.807) is 0 Å². The van der Waals surface area contributed by atoms with Crippen molar-refractivity contribution in [2.75, 3.05) is 10.5 Å². The second-order valence-corrected chi connectivity index (χ2v) is 7.60. The molecule has 0 fully saturated rings. The minimum absolute atomic E-state index is 0.0316. The van der Waals surface area contributed by atoms with E-state index < -0.39 is 15.8 Å². The molecule has 1 aromatic carbocycles. The molecule has 6 nitrogen and oxygen atoms in total. The van der Waals surface area contributed by atoms with Gasteiger partial charge in [-0.3, -0.25) is 4.72 Å². The van der Waals surface area contributed by atoms with Gasteiger partial charge in [0, 0.05) is 6.42 Å². The number of nitrogen functional groups attached to an aromatic ring is 1. The van der Waals surface area contributed by atoms with E-state index in [-0.39, 0.29) is 15.7 Å². The number of nitrogens with zero attached hydrogens (tertiary/aromatic N) is 2. The van der Waals surface area contributed by atoms with Gasteiger partial charge in [-0.15, -0.1) is 10.2 Å². The summed E-state index contributed by atoms with van der Waals surface area (Å²) in [4.78, 5) is -0.317. The number of aromatic nitrogens is 2. The molecule has 0 bridgehead atoms. The van der Waals surface area contributed by atoms with Crippen molar-refractivity contribution < 1.29 is 12.8 Å². The summed E-state index contributed by atoms with van der Waals surface area (Å²) in [7, 11) is -3.99. The third kappa shape index (κ3) is 3.88. The molecule has 3 N–H and O–H groups in total. The highest BCUT2D eigenvalue weighted by Crippen LogP contribution is 2.25. The first-order chi connectivity index (χ1) is 9.78. The number of sulfonamides is 1. The molecule has 114 valence electrons. The predicted molar refractivity (Wildman–Crippen MR) is 80.1 cm³/mol. The van der Waals surface area contributed by atoms with Gasteiger partial charge in [-0.1, -0.05) is 25.2 Å². The lowest BCUT2D eigenvalue weighted by molar-refractivity contribution is 0.596. The minimum atomic E-state index is -3.99. The van der Waals surface area contributed by atoms with E-state index in [9.17, 15) is 12.8 Å². The van der Waals surface area contributed by atoms with Crippen LogP contribution in [-0.4, -0.2) is 18.6 Å². The van der Waals surface area contributed by atoms with Crippen LogP contribution < -0.4 is 10.5 Å². The fourth-order valence-corrected chi connectivity index (χ4v) is 3.96. The van der Waals surface area contributed by atoms with Gasteiger partial charge >= 0.3 is 0 Å². The molecule has 1 heterocycles. The van der Waals surface area contributed by atoms with E-state index in [0.717, 1.165) is 28.5 Å². The van der Waals surface area contributed by atoms with Crippen molar-refractivity contribution in [2.24, 2.45) is 5.92 Å². The van der Waals surface area contributed by atoms with Crippen molar-refractivity contribution in [3.63, 3.8) is 0 Å². The molecule has 0 saturated carbocycles. The van der Waals surface area contributed by atoms with Crippen LogP contribution in [0.15, 0.2) is 23.1 Å². The monoisotopic (exact) mass is 330 g/mol. The Morgan fingerprint density at radius 2 is 2.10 bits per heavy atom. The minimum Gasteiger partial charge on any atom is -0.398 e. The number of hydrogen-bond acceptors (Lipinski definition) is 6. The SMILES string of the molecule is CC(C)Cc1nnc(NS(=O)(=O)c2cc(F)ccc2N)s1. The van der Waals surface area contributed by atoms with Gasteiger partial charge in [0.15, 0.2) is 0 Å². The second kappa shape index (κ2) is 5.94. The molecule has 0 unspecified atom stereocenters. The Hall–Kier alpha value is -1.74. The summed E-state index contributed by atoms with van der Waals surface area (Å²) in [5.74, 6) is -0.288. The number of hydrogen-bond donors (Lipinski definition) is 2. The molecule has 21 heavy (non-hydrogen) atoms. The molecular weight excluding hydrogens is 315 g/mol. The number of rotatable bonds is 5. The fourth-order valence-electron chi connectivity index (χ4n) is 1.64. The maximum atomic E-state index is 13.2. The molecule has 0 radical (unpaired) electrons. The molecule has 2 rings (SSSR count). The lowest BCUT2D eigenvalue weighted by atomic mass is 10.1. The quantitative estimate of drug-likeness (QED) is 0.819. The zero-order valence-corrected chi connectivity index (χ0v) is 13.1. The number of benzene rings is 1. The Kier molecular flexibility index (Phi) is 4.43. The summed E-state index contributed by atoms with van der Waals surface area (Å²) >= 11 is 1.15. The Bertz CT molecular complexity index is 743. The summed E-state index contributed by atoms with van der Waals surface area (Å²) in [5, 5.41) is 8.55. The topological polar surface area (TPSA) is 98.0 Å². The van der Waals surface area contributed by atoms with Gasteiger partial charge < -0.3 is 5.73 Å². The van der Waals surface area contributed by atoms with Crippen molar-refractivity contribution in [2.45, 2.75) is 25.2 Å². The number of halogens is 1. The van der Waals surface area contributed by atoms with E-state index in [2.05, 4.69) is 14.9 Å². The third-order valence-corrected chi connectivity index (χ3v) is 4.92. The Morgan fingerprint density at radius 3 is 2.76 bits per heavy atom. The maximum absolute atomic E-state index is 13.2. The van der Waals surface area contributed by atoms with E-state index in [1.807, 2.05) is 13.8 Å². The molecule has 0 spiro atoms. The van der Waals surface area contributed by atoms with Crippen LogP contribution in [0.3, 0.4) is 0 Å². The summed E-state index contributed by atoms with van der Waals surface area (Å²) in [6.07, 6.45) is 0.710. The number of nitrogens with one attached hydrogen (secondary N) is 1. The second-order valence-electron chi connectivity index (χ2n) is 4.89. The van der Waals surface area contributed by atoms with Crippen LogP contribution in [0.5, 0.6) is 0 Å². The van der Waals surface area contributed by atoms with Crippen LogP contribution in [-0.2, 0) is 16.4 Å². The van der Waals surface area contributed by atoms with E-state index in [0.29, 0.717) is 12.3 Å². The first-order valence-electron chi connectivity index (χ1n) is 6.18. The molecule has 0 atom stereocenters. The van der Waals surface area contributed by atoms with E-state index in [1.165, 1.54) is 6.07 Å². The number of nitrogens with two attached hydrogens (primary N) is 1. The van der Waals surface area contributed by atoms with Gasteiger partial charge in [-0.2, -0.15) is 0 Å². The highest BCUT2D eigenvalue weighted by molar-refractivity contribution is 7.93. The molecule has 0 aliphatic rings. The van der Waals surface area contributed by atoms with Crippen LogP contribution in [0.2, 0.25) is 0 Å². The van der Waals surface area contributed by atoms with Crippen LogP contribution in [0.1, 0.15) is 18.9 Å². The zero-order chi connectivity index (χ0) is 15.6. The molecule has 9 heteroatoms. The van der Waals surface area contributed by atoms with Gasteiger partial charge in [0.25, 0.3) is 10.0 Å². The van der Waals surface area contributed by atoms with Gasteiger partial charge in [-0.05, 0) is 24.1 Å². The summed E-state index contributed by atoms with van der Waals surface area (Å²) < 4.78 is 39.8. The standard InChI is InChI=1S/C12H15FN4O2S2/c1-7(2)5-11-15-16-12(20-11)17-21(18,19)10-6-8(13)3-4-9(10)14/h3-4,6-7H,5,14H2,1-2H3,(H,16,17). The van der Waals surface area contributed by atoms with Gasteiger partial charge in [-0.25, -0.2) is 12.8 Å². The molecule has 0 aliphatic heterocycles. The van der Waals surface area contributed by atoms with Crippen LogP contribution in [0, 0.1) is 11.7 Å². The lowest BCUT2D eigenvalue weighted by Crippen LogP contribution is -2.15. The predicted octanol–water partition coefficient (Wildman–Crippen LogP) is 2.26. The molecule has 0 amide bonds. The largest absolute Gasteiger partial charge is 0.398 e. The first kappa shape index (κ1) is 15.6. The maximum Gasteiger partial charge on any atom is 0.265 e. The average Bonchev–Trinajstić information content (AvgIpc) is 2.77. The van der Waals surface area contributed by atoms with Crippen LogP contribution in [0.4, 0.5) is 15.2 Å². The van der Waals surface area contributed by atoms with Crippen molar-refractivity contribution in [3.8, 4) is 0 Å². The van der Waals surface area contributed by atoms with Crippen molar-refractivity contribution >= 4 is 32.2 Å². The summed E-state index contributed by atoms with van der Waals surface area (Å²) in [5.41, 5.74) is 5.55.